The second-order valence-electron chi connectivity index (χ2n) is 2.31. The Morgan fingerprint density at radius 1 is 1.58 bits per heavy atom. The second kappa shape index (κ2) is 4.54. The zero-order chi connectivity index (χ0) is 9.72. The lowest BCUT2D eigenvalue weighted by Gasteiger charge is -2.08. The summed E-state index contributed by atoms with van der Waals surface area (Å²) in [4.78, 5) is 21.3. The largest absolute Gasteiger partial charge is 0.481 e. The summed E-state index contributed by atoms with van der Waals surface area (Å²) in [6, 6.07) is 0. The lowest BCUT2D eigenvalue weighted by Crippen LogP contribution is -2.19. The third-order valence-corrected chi connectivity index (χ3v) is 1.43. The minimum absolute atomic E-state index is 0.0237. The monoisotopic (exact) mass is 172 g/mol. The maximum atomic E-state index is 10.9. The van der Waals surface area contributed by atoms with Gasteiger partial charge in [-0.05, 0) is 13.8 Å². The van der Waals surface area contributed by atoms with Crippen molar-refractivity contribution in [3.8, 4) is 0 Å². The maximum absolute atomic E-state index is 10.9. The summed E-state index contributed by atoms with van der Waals surface area (Å²) in [6.45, 7) is 6.61. The Bertz CT molecular complexity index is 207. The molecular formula is C8H12O4. The van der Waals surface area contributed by atoms with Gasteiger partial charge in [-0.15, -0.1) is 0 Å². The Hall–Kier alpha value is -1.32. The highest BCUT2D eigenvalue weighted by atomic mass is 16.5. The predicted molar refractivity (Wildman–Crippen MR) is 42.6 cm³/mol. The predicted octanol–water partition coefficient (Wildman–Crippen LogP) is 0.826. The van der Waals surface area contributed by atoms with Crippen molar-refractivity contribution >= 4 is 11.9 Å². The van der Waals surface area contributed by atoms with E-state index in [1.165, 1.54) is 6.92 Å². The SMILES string of the molecule is C=C(C(=O)OCC)C(C)C(=O)O. The van der Waals surface area contributed by atoms with Crippen molar-refractivity contribution in [2.24, 2.45) is 5.92 Å². The van der Waals surface area contributed by atoms with Crippen molar-refractivity contribution in [3.63, 3.8) is 0 Å². The number of ether oxygens (including phenoxy) is 1. The number of carboxylic acid groups (broad SMARTS) is 1. The van der Waals surface area contributed by atoms with Gasteiger partial charge in [0, 0.05) is 5.57 Å². The molecule has 0 rings (SSSR count). The van der Waals surface area contributed by atoms with Gasteiger partial charge >= 0.3 is 11.9 Å². The van der Waals surface area contributed by atoms with Crippen LogP contribution in [-0.2, 0) is 14.3 Å². The molecule has 12 heavy (non-hydrogen) atoms. The van der Waals surface area contributed by atoms with E-state index in [1.54, 1.807) is 6.92 Å². The Labute approximate surface area is 70.8 Å². The molecule has 0 aromatic heterocycles. The van der Waals surface area contributed by atoms with Gasteiger partial charge in [0.1, 0.15) is 0 Å². The molecule has 0 amide bonds. The Morgan fingerprint density at radius 2 is 2.08 bits per heavy atom. The van der Waals surface area contributed by atoms with Crippen LogP contribution in [0.3, 0.4) is 0 Å². The van der Waals surface area contributed by atoms with Gasteiger partial charge in [-0.2, -0.15) is 0 Å². The molecule has 4 nitrogen and oxygen atoms in total. The number of carbonyl (C=O) groups is 2. The highest BCUT2D eigenvalue weighted by Gasteiger charge is 2.21. The quantitative estimate of drug-likeness (QED) is 0.503. The molecule has 1 atom stereocenters. The minimum atomic E-state index is -1.08. The molecule has 0 aliphatic rings. The number of esters is 1. The Balaban J connectivity index is 4.19. The van der Waals surface area contributed by atoms with Gasteiger partial charge in [0.05, 0.1) is 12.5 Å². The molecule has 4 heteroatoms. The molecule has 68 valence electrons. The summed E-state index contributed by atoms with van der Waals surface area (Å²) >= 11 is 0. The molecule has 1 N–H and O–H groups in total. The average Bonchev–Trinajstić information content (AvgIpc) is 2.02. The number of hydrogen-bond acceptors (Lipinski definition) is 3. The minimum Gasteiger partial charge on any atom is -0.481 e. The van der Waals surface area contributed by atoms with Crippen LogP contribution in [0, 0.1) is 5.92 Å². The first-order valence-electron chi connectivity index (χ1n) is 3.59. The van der Waals surface area contributed by atoms with Crippen LogP contribution in [-0.4, -0.2) is 23.7 Å². The van der Waals surface area contributed by atoms with Crippen molar-refractivity contribution in [2.45, 2.75) is 13.8 Å². The molecule has 0 saturated heterocycles. The van der Waals surface area contributed by atoms with Gasteiger partial charge in [-0.25, -0.2) is 4.79 Å². The number of rotatable bonds is 4. The molecule has 0 spiro atoms. The molecule has 0 bridgehead atoms. The van der Waals surface area contributed by atoms with E-state index in [4.69, 9.17) is 5.11 Å². The highest BCUT2D eigenvalue weighted by molar-refractivity contribution is 5.94. The highest BCUT2D eigenvalue weighted by Crippen LogP contribution is 2.09. The summed E-state index contributed by atoms with van der Waals surface area (Å²) in [6.07, 6.45) is 0. The first kappa shape index (κ1) is 10.7. The van der Waals surface area contributed by atoms with Crippen LogP contribution in [0.1, 0.15) is 13.8 Å². The number of hydrogen-bond donors (Lipinski definition) is 1. The summed E-state index contributed by atoms with van der Waals surface area (Å²) < 4.78 is 4.57. The van der Waals surface area contributed by atoms with E-state index in [2.05, 4.69) is 11.3 Å². The first-order chi connectivity index (χ1) is 5.50. The molecule has 0 aliphatic heterocycles. The molecule has 0 aromatic carbocycles. The number of aliphatic carboxylic acids is 1. The van der Waals surface area contributed by atoms with Gasteiger partial charge in [-0.1, -0.05) is 6.58 Å². The molecule has 0 aromatic rings. The lowest BCUT2D eigenvalue weighted by molar-refractivity contribution is -0.145. The van der Waals surface area contributed by atoms with E-state index in [0.717, 1.165) is 0 Å². The van der Waals surface area contributed by atoms with Gasteiger partial charge in [0.25, 0.3) is 0 Å². The van der Waals surface area contributed by atoms with E-state index in [0.29, 0.717) is 0 Å². The van der Waals surface area contributed by atoms with Gasteiger partial charge in [0.2, 0.25) is 0 Å². The molecule has 0 saturated carbocycles. The molecule has 1 unspecified atom stereocenters. The smallest absolute Gasteiger partial charge is 0.334 e. The van der Waals surface area contributed by atoms with Crippen molar-refractivity contribution in [2.75, 3.05) is 6.61 Å². The van der Waals surface area contributed by atoms with Crippen LogP contribution in [0.5, 0.6) is 0 Å². The molecule has 0 heterocycles. The van der Waals surface area contributed by atoms with Crippen molar-refractivity contribution in [3.05, 3.63) is 12.2 Å². The van der Waals surface area contributed by atoms with Crippen LogP contribution in [0.2, 0.25) is 0 Å². The van der Waals surface area contributed by atoms with E-state index < -0.39 is 17.9 Å². The summed E-state index contributed by atoms with van der Waals surface area (Å²) in [5, 5.41) is 8.50. The molecule has 0 fully saturated rings. The third-order valence-electron chi connectivity index (χ3n) is 1.43. The van der Waals surface area contributed by atoms with Gasteiger partial charge < -0.3 is 9.84 Å². The van der Waals surface area contributed by atoms with Crippen molar-refractivity contribution in [1.82, 2.24) is 0 Å². The summed E-state index contributed by atoms with van der Waals surface area (Å²) in [5.74, 6) is -2.61. The standard InChI is InChI=1S/C8H12O4/c1-4-12-8(11)6(3)5(2)7(9)10/h5H,3-4H2,1-2H3,(H,9,10). The Kier molecular flexibility index (Phi) is 4.04. The molecule has 0 aliphatic carbocycles. The van der Waals surface area contributed by atoms with Crippen LogP contribution < -0.4 is 0 Å². The van der Waals surface area contributed by atoms with Crippen LogP contribution in [0.15, 0.2) is 12.2 Å². The van der Waals surface area contributed by atoms with Crippen LogP contribution >= 0.6 is 0 Å². The zero-order valence-corrected chi connectivity index (χ0v) is 7.16. The van der Waals surface area contributed by atoms with Gasteiger partial charge in [-0.3, -0.25) is 4.79 Å². The summed E-state index contributed by atoms with van der Waals surface area (Å²) in [7, 11) is 0. The topological polar surface area (TPSA) is 63.6 Å². The maximum Gasteiger partial charge on any atom is 0.334 e. The average molecular weight is 172 g/mol. The lowest BCUT2D eigenvalue weighted by atomic mass is 10.0. The first-order valence-corrected chi connectivity index (χ1v) is 3.59. The second-order valence-corrected chi connectivity index (χ2v) is 2.31. The third kappa shape index (κ3) is 2.74. The van der Waals surface area contributed by atoms with Crippen molar-refractivity contribution in [1.29, 1.82) is 0 Å². The fourth-order valence-corrected chi connectivity index (χ4v) is 0.550. The van der Waals surface area contributed by atoms with E-state index in [1.807, 2.05) is 0 Å². The number of carboxylic acids is 1. The van der Waals surface area contributed by atoms with Gasteiger partial charge in [0.15, 0.2) is 0 Å². The van der Waals surface area contributed by atoms with Crippen LogP contribution in [0.25, 0.3) is 0 Å². The summed E-state index contributed by atoms with van der Waals surface area (Å²) in [5.41, 5.74) is -0.0237. The normalized spacial score (nSPS) is 11.8. The van der Waals surface area contributed by atoms with E-state index in [-0.39, 0.29) is 12.2 Å². The van der Waals surface area contributed by atoms with Crippen LogP contribution in [0.4, 0.5) is 0 Å². The zero-order valence-electron chi connectivity index (χ0n) is 7.16. The van der Waals surface area contributed by atoms with Crippen molar-refractivity contribution < 1.29 is 19.4 Å². The molecule has 0 radical (unpaired) electrons. The molecular weight excluding hydrogens is 160 g/mol. The fourth-order valence-electron chi connectivity index (χ4n) is 0.550. The fraction of sp³-hybridized carbons (Fsp3) is 0.500. The Morgan fingerprint density at radius 3 is 2.42 bits per heavy atom. The van der Waals surface area contributed by atoms with E-state index in [9.17, 15) is 9.59 Å². The number of carbonyl (C=O) groups excluding carboxylic acids is 1. The van der Waals surface area contributed by atoms with E-state index >= 15 is 0 Å².